The summed E-state index contributed by atoms with van der Waals surface area (Å²) in [5.74, 6) is -0.432. The molecule has 0 bridgehead atoms. The van der Waals surface area contributed by atoms with Crippen molar-refractivity contribution in [2.45, 2.75) is 26.2 Å². The number of carbonyl (C=O) groups is 1. The molecule has 0 aromatic heterocycles. The quantitative estimate of drug-likeness (QED) is 0.723. The number of piperazine rings is 1. The van der Waals surface area contributed by atoms with Crippen LogP contribution < -0.4 is 5.32 Å². The summed E-state index contributed by atoms with van der Waals surface area (Å²) in [6, 6.07) is 0. The Balaban J connectivity index is 0.00000289. The highest BCUT2D eigenvalue weighted by atomic mass is 35.5. The van der Waals surface area contributed by atoms with Gasteiger partial charge in [-0.2, -0.15) is 0 Å². The van der Waals surface area contributed by atoms with Crippen LogP contribution in [-0.4, -0.2) is 56.9 Å². The van der Waals surface area contributed by atoms with E-state index in [1.807, 2.05) is 6.92 Å². The molecule has 1 aliphatic heterocycles. The Hall–Kier alpha value is -0.330. The van der Waals surface area contributed by atoms with Crippen LogP contribution in [0.4, 0.5) is 0 Å². The van der Waals surface area contributed by atoms with Crippen LogP contribution in [0.2, 0.25) is 0 Å². The summed E-state index contributed by atoms with van der Waals surface area (Å²) in [4.78, 5) is 13.4. The first kappa shape index (κ1) is 17.7. The molecule has 1 saturated heterocycles. The lowest BCUT2D eigenvalue weighted by Gasteiger charge is -2.27. The topological polar surface area (TPSA) is 66.5 Å². The van der Waals surface area contributed by atoms with Gasteiger partial charge >= 0.3 is 0 Å². The van der Waals surface area contributed by atoms with E-state index in [0.29, 0.717) is 19.5 Å². The van der Waals surface area contributed by atoms with E-state index in [0.717, 1.165) is 25.9 Å². The molecule has 0 atom stereocenters. The van der Waals surface area contributed by atoms with Gasteiger partial charge in [-0.3, -0.25) is 4.79 Å². The predicted molar refractivity (Wildman–Crippen MR) is 74.9 cm³/mol. The SMILES string of the molecule is CCCCCS(=O)(=O)CC(=O)N1CCNCC1.Cl. The van der Waals surface area contributed by atoms with Crippen LogP contribution in [0.1, 0.15) is 26.2 Å². The van der Waals surface area contributed by atoms with Crippen molar-refractivity contribution < 1.29 is 13.2 Å². The Morgan fingerprint density at radius 1 is 1.22 bits per heavy atom. The molecule has 0 aliphatic carbocycles. The van der Waals surface area contributed by atoms with Gasteiger partial charge in [0.2, 0.25) is 5.91 Å². The van der Waals surface area contributed by atoms with Crippen LogP contribution >= 0.6 is 12.4 Å². The van der Waals surface area contributed by atoms with Crippen molar-refractivity contribution in [1.82, 2.24) is 10.2 Å². The van der Waals surface area contributed by atoms with Crippen LogP contribution in [0, 0.1) is 0 Å². The van der Waals surface area contributed by atoms with E-state index in [4.69, 9.17) is 0 Å². The minimum Gasteiger partial charge on any atom is -0.339 e. The van der Waals surface area contributed by atoms with Gasteiger partial charge in [0.1, 0.15) is 5.75 Å². The summed E-state index contributed by atoms with van der Waals surface area (Å²) < 4.78 is 23.4. The summed E-state index contributed by atoms with van der Waals surface area (Å²) >= 11 is 0. The fraction of sp³-hybridized carbons (Fsp3) is 0.909. The highest BCUT2D eigenvalue weighted by molar-refractivity contribution is 7.92. The van der Waals surface area contributed by atoms with E-state index >= 15 is 0 Å². The molecule has 1 fully saturated rings. The molecule has 5 nitrogen and oxygen atoms in total. The second-order valence-electron chi connectivity index (χ2n) is 4.43. The monoisotopic (exact) mass is 298 g/mol. The zero-order valence-electron chi connectivity index (χ0n) is 10.9. The Labute approximate surface area is 116 Å². The zero-order chi connectivity index (χ0) is 12.7. The number of halogens is 1. The van der Waals surface area contributed by atoms with Gasteiger partial charge in [-0.25, -0.2) is 8.42 Å². The Kier molecular flexibility index (Phi) is 8.56. The number of hydrogen-bond acceptors (Lipinski definition) is 4. The van der Waals surface area contributed by atoms with Crippen LogP contribution in [-0.2, 0) is 14.6 Å². The molecule has 0 unspecified atom stereocenters. The molecular weight excluding hydrogens is 276 g/mol. The third kappa shape index (κ3) is 6.56. The van der Waals surface area contributed by atoms with Crippen LogP contribution in [0.15, 0.2) is 0 Å². The first-order valence-electron chi connectivity index (χ1n) is 6.24. The van der Waals surface area contributed by atoms with Crippen molar-refractivity contribution in [3.05, 3.63) is 0 Å². The fourth-order valence-electron chi connectivity index (χ4n) is 1.84. The molecule has 7 heteroatoms. The van der Waals surface area contributed by atoms with Crippen molar-refractivity contribution in [3.63, 3.8) is 0 Å². The lowest BCUT2D eigenvalue weighted by atomic mass is 10.3. The number of nitrogens with one attached hydrogen (secondary N) is 1. The van der Waals surface area contributed by atoms with Gasteiger partial charge in [-0.05, 0) is 6.42 Å². The fourth-order valence-corrected chi connectivity index (χ4v) is 3.18. The van der Waals surface area contributed by atoms with Gasteiger partial charge in [0.25, 0.3) is 0 Å². The normalized spacial score (nSPS) is 16.2. The standard InChI is InChI=1S/C11H22N2O3S.ClH/c1-2-3-4-9-17(15,16)10-11(14)13-7-5-12-6-8-13;/h12H,2-10H2,1H3;1H. The third-order valence-corrected chi connectivity index (χ3v) is 4.47. The minimum atomic E-state index is -3.21. The van der Waals surface area contributed by atoms with Gasteiger partial charge in [-0.15, -0.1) is 12.4 Å². The minimum absolute atomic E-state index is 0. The summed E-state index contributed by atoms with van der Waals surface area (Å²) in [7, 11) is -3.21. The van der Waals surface area contributed by atoms with Gasteiger partial charge in [0.15, 0.2) is 9.84 Å². The molecule has 0 aromatic carbocycles. The number of carbonyl (C=O) groups excluding carboxylic acids is 1. The summed E-state index contributed by atoms with van der Waals surface area (Å²) in [6.07, 6.45) is 2.55. The van der Waals surface area contributed by atoms with E-state index in [1.165, 1.54) is 0 Å². The van der Waals surface area contributed by atoms with Gasteiger partial charge in [-0.1, -0.05) is 19.8 Å². The molecule has 1 rings (SSSR count). The average molecular weight is 299 g/mol. The second kappa shape index (κ2) is 8.72. The van der Waals surface area contributed by atoms with Crippen molar-refractivity contribution in [3.8, 4) is 0 Å². The number of hydrogen-bond donors (Lipinski definition) is 1. The zero-order valence-corrected chi connectivity index (χ0v) is 12.5. The largest absolute Gasteiger partial charge is 0.339 e. The van der Waals surface area contributed by atoms with Crippen LogP contribution in [0.3, 0.4) is 0 Å². The van der Waals surface area contributed by atoms with Crippen molar-refractivity contribution >= 4 is 28.2 Å². The predicted octanol–water partition coefficient (Wildman–Crippen LogP) is 0.445. The van der Waals surface area contributed by atoms with Gasteiger partial charge in [0.05, 0.1) is 5.75 Å². The average Bonchev–Trinajstić information content (AvgIpc) is 2.30. The first-order valence-corrected chi connectivity index (χ1v) is 8.06. The molecule has 1 aliphatic rings. The number of nitrogens with zero attached hydrogens (tertiary/aromatic N) is 1. The van der Waals surface area contributed by atoms with E-state index in [9.17, 15) is 13.2 Å². The highest BCUT2D eigenvalue weighted by Crippen LogP contribution is 2.03. The molecule has 1 N–H and O–H groups in total. The maximum Gasteiger partial charge on any atom is 0.237 e. The first-order chi connectivity index (χ1) is 8.05. The van der Waals surface area contributed by atoms with E-state index in [-0.39, 0.29) is 29.8 Å². The second-order valence-corrected chi connectivity index (χ2v) is 6.61. The van der Waals surface area contributed by atoms with Gasteiger partial charge in [0, 0.05) is 26.2 Å². The van der Waals surface area contributed by atoms with E-state index in [2.05, 4.69) is 5.32 Å². The van der Waals surface area contributed by atoms with Crippen LogP contribution in [0.5, 0.6) is 0 Å². The van der Waals surface area contributed by atoms with Gasteiger partial charge < -0.3 is 10.2 Å². The van der Waals surface area contributed by atoms with E-state index < -0.39 is 9.84 Å². The van der Waals surface area contributed by atoms with Crippen molar-refractivity contribution in [1.29, 1.82) is 0 Å². The molecule has 18 heavy (non-hydrogen) atoms. The number of amides is 1. The van der Waals surface area contributed by atoms with E-state index in [1.54, 1.807) is 4.90 Å². The third-order valence-electron chi connectivity index (χ3n) is 2.87. The molecule has 0 radical (unpaired) electrons. The Bertz CT molecular complexity index is 340. The number of rotatable bonds is 6. The lowest BCUT2D eigenvalue weighted by molar-refractivity contribution is -0.128. The number of unbranched alkanes of at least 4 members (excludes halogenated alkanes) is 2. The smallest absolute Gasteiger partial charge is 0.237 e. The summed E-state index contributed by atoms with van der Waals surface area (Å²) in [5.41, 5.74) is 0. The maximum atomic E-state index is 11.8. The molecule has 0 saturated carbocycles. The molecular formula is C11H23ClN2O3S. The molecule has 1 heterocycles. The number of sulfone groups is 1. The maximum absolute atomic E-state index is 11.8. The molecule has 0 spiro atoms. The molecule has 108 valence electrons. The highest BCUT2D eigenvalue weighted by Gasteiger charge is 2.22. The summed E-state index contributed by atoms with van der Waals surface area (Å²) in [6.45, 7) is 4.76. The lowest BCUT2D eigenvalue weighted by Crippen LogP contribution is -2.48. The van der Waals surface area contributed by atoms with Crippen molar-refractivity contribution in [2.75, 3.05) is 37.7 Å². The molecule has 0 aromatic rings. The Morgan fingerprint density at radius 2 is 1.83 bits per heavy atom. The Morgan fingerprint density at radius 3 is 2.39 bits per heavy atom. The van der Waals surface area contributed by atoms with Crippen LogP contribution in [0.25, 0.3) is 0 Å². The summed E-state index contributed by atoms with van der Waals surface area (Å²) in [5, 5.41) is 3.13. The molecule has 1 amide bonds. The van der Waals surface area contributed by atoms with Crippen molar-refractivity contribution in [2.24, 2.45) is 0 Å².